The highest BCUT2D eigenvalue weighted by molar-refractivity contribution is 14.3. The van der Waals surface area contributed by atoms with Gasteiger partial charge < -0.3 is 0 Å². The summed E-state index contributed by atoms with van der Waals surface area (Å²) in [5.41, 5.74) is 0. The maximum absolute atomic E-state index is 6.27. The van der Waals surface area contributed by atoms with Crippen LogP contribution in [0.2, 0.25) is 0 Å². The second-order valence-electron chi connectivity index (χ2n) is 6.11. The highest BCUT2D eigenvalue weighted by Gasteiger charge is 2.49. The molecule has 0 aliphatic rings. The van der Waals surface area contributed by atoms with Crippen molar-refractivity contribution < 1.29 is 0 Å². The summed E-state index contributed by atoms with van der Waals surface area (Å²) in [7, 11) is 65.3. The van der Waals surface area contributed by atoms with Crippen LogP contribution in [0.3, 0.4) is 0 Å². The van der Waals surface area contributed by atoms with Gasteiger partial charge in [-0.15, -0.1) is 44.7 Å². The molecular weight excluding hydrogens is 492 g/mol. The maximum Gasteiger partial charge on any atom is 0.238 e. The molecule has 24 heteroatoms. The van der Waals surface area contributed by atoms with Gasteiger partial charge in [0.2, 0.25) is 2.32 Å². The average molecular weight is 492 g/mol. The first-order valence-corrected chi connectivity index (χ1v) is 9.93. The lowest BCUT2D eigenvalue weighted by Gasteiger charge is -2.44. The molecule has 0 spiro atoms. The molecule has 0 N–H and O–H groups in total. The minimum atomic E-state index is -0.854. The van der Waals surface area contributed by atoms with Crippen molar-refractivity contribution in [3.8, 4) is 0 Å². The largest absolute Gasteiger partial charge is 0.238 e. The van der Waals surface area contributed by atoms with E-state index < -0.39 is 57.5 Å². The fourth-order valence-electron chi connectivity index (χ4n) is 3.16. The van der Waals surface area contributed by atoms with Gasteiger partial charge >= 0.3 is 0 Å². The third-order valence-corrected chi connectivity index (χ3v) is 5.95. The Morgan fingerprint density at radius 3 is 0.875 bits per heavy atom. The van der Waals surface area contributed by atoms with Gasteiger partial charge in [-0.05, 0) is 0 Å². The van der Waals surface area contributed by atoms with E-state index >= 15 is 0 Å². The number of hydrogen-bond donors (Lipinski definition) is 0. The fraction of sp³-hybridized carbons (Fsp3) is 0. The van der Waals surface area contributed by atoms with Gasteiger partial charge in [-0.2, -0.15) is 0 Å². The Balaban J connectivity index is 6.19. The van der Waals surface area contributed by atoms with Crippen LogP contribution < -0.4 is 0 Å². The van der Waals surface area contributed by atoms with E-state index in [9.17, 15) is 0 Å². The van der Waals surface area contributed by atoms with Crippen molar-refractivity contribution >= 4 is 196 Å². The van der Waals surface area contributed by atoms with E-state index in [1.807, 2.05) is 0 Å². The molecule has 0 aromatic heterocycles. The first-order valence-electron chi connectivity index (χ1n) is 7.44. The molecular formula is B22I2. The molecule has 0 fully saturated rings. The topological polar surface area (TPSA) is 0 Å². The predicted octanol–water partition coefficient (Wildman–Crippen LogP) is -6.61. The zero-order chi connectivity index (χ0) is 19.4. The molecule has 0 rings (SSSR count). The summed E-state index contributed by atoms with van der Waals surface area (Å²) in [6.45, 7) is 0. The Kier molecular flexibility index (Phi) is 13.9. The van der Waals surface area contributed by atoms with Crippen molar-refractivity contribution in [2.24, 2.45) is 0 Å². The lowest BCUT2D eigenvalue weighted by molar-refractivity contribution is 3.32. The first-order chi connectivity index (χ1) is 10.8. The molecule has 0 nitrogen and oxygen atoms in total. The van der Waals surface area contributed by atoms with E-state index in [1.165, 1.54) is 0 Å². The maximum atomic E-state index is 6.27. The van der Waals surface area contributed by atoms with Gasteiger partial charge in [-0.3, -0.25) is 0 Å². The molecule has 0 atom stereocenters. The van der Waals surface area contributed by atoms with E-state index in [0.717, 1.165) is 0 Å². The summed E-state index contributed by atoms with van der Waals surface area (Å²) < 4.78 is -0.0378. The highest BCUT2D eigenvalue weighted by atomic mass is 127. The highest BCUT2D eigenvalue weighted by Crippen LogP contribution is 2.18. The van der Waals surface area contributed by atoms with Crippen molar-refractivity contribution in [3.63, 3.8) is 0 Å². The molecule has 80 valence electrons. The smallest absolute Gasteiger partial charge is 0.146 e. The van der Waals surface area contributed by atoms with Gasteiger partial charge in [0.25, 0.3) is 0 Å². The van der Waals surface area contributed by atoms with Gasteiger partial charge in [0, 0.05) is 149 Å². The normalized spacial score (nSPS) is 9.42. The van der Waals surface area contributed by atoms with Crippen molar-refractivity contribution in [2.45, 2.75) is 0 Å². The summed E-state index contributed by atoms with van der Waals surface area (Å²) >= 11 is 4.41. The summed E-state index contributed by atoms with van der Waals surface area (Å²) in [5, 5.41) is 0. The van der Waals surface area contributed by atoms with E-state index in [1.54, 1.807) is 0 Å². The van der Waals surface area contributed by atoms with Gasteiger partial charge in [-0.1, -0.05) is 0 Å². The summed E-state index contributed by atoms with van der Waals surface area (Å²) in [6.07, 6.45) is -6.75. The van der Waals surface area contributed by atoms with E-state index in [0.29, 0.717) is 0 Å². The molecule has 0 amide bonds. The minimum Gasteiger partial charge on any atom is -0.146 e. The van der Waals surface area contributed by atoms with Crippen molar-refractivity contribution in [2.75, 3.05) is 0 Å². The average Bonchev–Trinajstić information content (AvgIpc) is 2.38. The Labute approximate surface area is 194 Å². The first kappa shape index (κ1) is 26.9. The van der Waals surface area contributed by atoms with Crippen LogP contribution in [-0.2, 0) is 0 Å². The molecule has 0 saturated heterocycles. The van der Waals surface area contributed by atoms with E-state index in [4.69, 9.17) is 85.1 Å². The Morgan fingerprint density at radius 2 is 0.667 bits per heavy atom. The Hall–Kier alpha value is 2.89. The zero-order valence-corrected chi connectivity index (χ0v) is 17.8. The predicted molar refractivity (Wildman–Crippen MR) is 155 cm³/mol. The quantitative estimate of drug-likeness (QED) is 0.211. The second-order valence-corrected chi connectivity index (χ2v) is 11.2. The van der Waals surface area contributed by atoms with Crippen LogP contribution in [0.1, 0.15) is 0 Å². The number of hydrogen-bond acceptors (Lipinski definition) is 0. The molecule has 24 heavy (non-hydrogen) atoms. The monoisotopic (exact) mass is 496 g/mol. The SMILES string of the molecule is [B]B([B])B([B])B(B(B([B])[B])B([B])[B])B(B(I)I)B(B([B])[B])B([B])[B]. The minimum absolute atomic E-state index is 0.0378. The van der Waals surface area contributed by atoms with Crippen LogP contribution in [0.5, 0.6) is 0 Å². The molecule has 0 unspecified atom stereocenters. The van der Waals surface area contributed by atoms with Gasteiger partial charge in [0.15, 0.2) is 0 Å². The Bertz CT molecular complexity index is 315. The second kappa shape index (κ2) is 12.5. The van der Waals surface area contributed by atoms with Gasteiger partial charge in [0.1, 0.15) is 0 Å². The number of rotatable bonds is 10. The lowest BCUT2D eigenvalue weighted by atomic mass is 8.39. The molecule has 0 aliphatic carbocycles. The van der Waals surface area contributed by atoms with Gasteiger partial charge in [-0.25, -0.2) is 0 Å². The summed E-state index contributed by atoms with van der Waals surface area (Å²) in [6, 6.07) is 0. The third kappa shape index (κ3) is 7.72. The Morgan fingerprint density at radius 1 is 0.375 bits per heavy atom. The number of halogens is 2. The van der Waals surface area contributed by atoms with Gasteiger partial charge in [0.05, 0.1) is 0 Å². The summed E-state index contributed by atoms with van der Waals surface area (Å²) in [5.74, 6) is 0. The van der Waals surface area contributed by atoms with Crippen LogP contribution in [0.25, 0.3) is 0 Å². The zero-order valence-electron chi connectivity index (χ0n) is 13.5. The molecule has 0 aromatic carbocycles. The molecule has 0 bridgehead atoms. The van der Waals surface area contributed by atoms with Crippen LogP contribution in [0, 0.1) is 0 Å². The molecule has 0 aromatic rings. The molecule has 0 saturated carbocycles. The third-order valence-electron chi connectivity index (χ3n) is 4.29. The van der Waals surface area contributed by atoms with Crippen LogP contribution >= 0.6 is 44.7 Å². The summed E-state index contributed by atoms with van der Waals surface area (Å²) in [4.78, 5) is 0. The lowest BCUT2D eigenvalue weighted by Crippen LogP contribution is -2.82. The van der Waals surface area contributed by atoms with Crippen molar-refractivity contribution in [3.05, 3.63) is 0 Å². The standard InChI is InChI=1S/B22I2/c1-12(2)17(11)20(18(13(3)4)14(5)6)21(22(23)24)19(15(7)8)16(9)10. The van der Waals surface area contributed by atoms with E-state index in [2.05, 4.69) is 44.7 Å². The molecule has 22 radical (unpaired) electrons. The van der Waals surface area contributed by atoms with Crippen molar-refractivity contribution in [1.82, 2.24) is 0 Å². The van der Waals surface area contributed by atoms with Crippen LogP contribution in [0.4, 0.5) is 0 Å². The van der Waals surface area contributed by atoms with Crippen LogP contribution in [-0.4, -0.2) is 151 Å². The molecule has 0 aliphatic heterocycles. The fourth-order valence-corrected chi connectivity index (χ4v) is 5.08. The molecule has 0 heterocycles. The van der Waals surface area contributed by atoms with E-state index in [-0.39, 0.29) is 8.70 Å². The van der Waals surface area contributed by atoms with Crippen LogP contribution in [0.15, 0.2) is 0 Å². The van der Waals surface area contributed by atoms with Crippen molar-refractivity contribution in [1.29, 1.82) is 0 Å².